The number of nitrogens with zero attached hydrogens (tertiary/aromatic N) is 1. The van der Waals surface area contributed by atoms with Crippen LogP contribution >= 0.6 is 11.6 Å². The van der Waals surface area contributed by atoms with Crippen molar-refractivity contribution < 1.29 is 9.90 Å². The lowest BCUT2D eigenvalue weighted by molar-refractivity contribution is 0.0699. The maximum atomic E-state index is 11.2. The Labute approximate surface area is 120 Å². The topological polar surface area (TPSA) is 66.0 Å². The molecule has 20 heavy (non-hydrogen) atoms. The number of H-pyrrole nitrogens is 1. The van der Waals surface area contributed by atoms with Gasteiger partial charge in [0, 0.05) is 16.0 Å². The maximum Gasteiger partial charge on any atom is 0.337 e. The molecule has 0 saturated heterocycles. The number of aryl methyl sites for hydroxylation is 1. The number of aromatic nitrogens is 2. The third-order valence-electron chi connectivity index (χ3n) is 3.28. The monoisotopic (exact) mass is 286 g/mol. The van der Waals surface area contributed by atoms with Gasteiger partial charge >= 0.3 is 5.97 Å². The first kappa shape index (κ1) is 12.7. The van der Waals surface area contributed by atoms with Gasteiger partial charge in [0.15, 0.2) is 0 Å². The normalized spacial score (nSPS) is 10.9. The molecule has 0 amide bonds. The number of carboxylic acid groups (broad SMARTS) is 1. The van der Waals surface area contributed by atoms with Crippen LogP contribution in [-0.2, 0) is 0 Å². The molecule has 0 atom stereocenters. The second-order valence-electron chi connectivity index (χ2n) is 4.56. The van der Waals surface area contributed by atoms with E-state index in [9.17, 15) is 9.90 Å². The average Bonchev–Trinajstić information content (AvgIpc) is 2.85. The molecule has 3 aromatic rings. The van der Waals surface area contributed by atoms with Crippen molar-refractivity contribution in [3.8, 4) is 11.3 Å². The van der Waals surface area contributed by atoms with E-state index in [0.717, 1.165) is 16.5 Å². The van der Waals surface area contributed by atoms with Crippen molar-refractivity contribution in [2.75, 3.05) is 0 Å². The summed E-state index contributed by atoms with van der Waals surface area (Å²) in [5.74, 6) is -0.978. The molecule has 0 aliphatic carbocycles. The number of benzene rings is 2. The first-order valence-corrected chi connectivity index (χ1v) is 6.42. The molecule has 0 bridgehead atoms. The number of nitrogens with one attached hydrogen (secondary N) is 1. The lowest BCUT2D eigenvalue weighted by Gasteiger charge is -2.04. The predicted octanol–water partition coefficient (Wildman–Crippen LogP) is 3.89. The molecule has 2 N–H and O–H groups in total. The van der Waals surface area contributed by atoms with Crippen LogP contribution in [0.1, 0.15) is 15.9 Å². The van der Waals surface area contributed by atoms with E-state index in [1.165, 1.54) is 0 Å². The van der Waals surface area contributed by atoms with E-state index in [1.807, 2.05) is 31.2 Å². The summed E-state index contributed by atoms with van der Waals surface area (Å²) < 4.78 is 0. The molecule has 4 nitrogen and oxygen atoms in total. The van der Waals surface area contributed by atoms with Crippen LogP contribution in [-0.4, -0.2) is 21.3 Å². The Morgan fingerprint density at radius 2 is 2.10 bits per heavy atom. The number of hydrogen-bond donors (Lipinski definition) is 2. The van der Waals surface area contributed by atoms with E-state index in [2.05, 4.69) is 10.2 Å². The number of aromatic carboxylic acids is 1. The fourth-order valence-corrected chi connectivity index (χ4v) is 2.45. The SMILES string of the molecule is Cc1ccc(Cl)cc1-c1n[nH]c2c(C(=O)O)cccc12. The van der Waals surface area contributed by atoms with E-state index in [0.29, 0.717) is 16.2 Å². The number of carbonyl (C=O) groups is 1. The fourth-order valence-electron chi connectivity index (χ4n) is 2.28. The Morgan fingerprint density at radius 1 is 1.30 bits per heavy atom. The molecule has 0 unspecified atom stereocenters. The second kappa shape index (κ2) is 4.65. The molecule has 3 rings (SSSR count). The third kappa shape index (κ3) is 1.94. The van der Waals surface area contributed by atoms with Crippen LogP contribution in [0.2, 0.25) is 5.02 Å². The minimum atomic E-state index is -0.978. The lowest BCUT2D eigenvalue weighted by Crippen LogP contribution is -1.96. The third-order valence-corrected chi connectivity index (χ3v) is 3.52. The van der Waals surface area contributed by atoms with Crippen molar-refractivity contribution in [1.82, 2.24) is 10.2 Å². The molecule has 0 radical (unpaired) electrons. The van der Waals surface area contributed by atoms with Gasteiger partial charge in [-0.15, -0.1) is 0 Å². The average molecular weight is 287 g/mol. The van der Waals surface area contributed by atoms with Crippen LogP contribution in [0.25, 0.3) is 22.2 Å². The van der Waals surface area contributed by atoms with Gasteiger partial charge in [-0.2, -0.15) is 5.10 Å². The molecule has 1 aromatic heterocycles. The van der Waals surface area contributed by atoms with Crippen molar-refractivity contribution in [3.63, 3.8) is 0 Å². The van der Waals surface area contributed by atoms with Crippen LogP contribution in [0.5, 0.6) is 0 Å². The smallest absolute Gasteiger partial charge is 0.337 e. The molecule has 1 heterocycles. The van der Waals surface area contributed by atoms with Crippen molar-refractivity contribution in [2.45, 2.75) is 6.92 Å². The quantitative estimate of drug-likeness (QED) is 0.751. The Morgan fingerprint density at radius 3 is 2.85 bits per heavy atom. The predicted molar refractivity (Wildman–Crippen MR) is 78.2 cm³/mol. The van der Waals surface area contributed by atoms with Crippen LogP contribution in [0.15, 0.2) is 36.4 Å². The van der Waals surface area contributed by atoms with Gasteiger partial charge in [-0.3, -0.25) is 5.10 Å². The van der Waals surface area contributed by atoms with Gasteiger partial charge in [0.1, 0.15) is 5.69 Å². The molecule has 2 aromatic carbocycles. The lowest BCUT2D eigenvalue weighted by atomic mass is 10.0. The molecule has 0 fully saturated rings. The van der Waals surface area contributed by atoms with Crippen molar-refractivity contribution in [3.05, 3.63) is 52.5 Å². The molecular formula is C15H11ClN2O2. The van der Waals surface area contributed by atoms with Crippen LogP contribution < -0.4 is 0 Å². The zero-order chi connectivity index (χ0) is 14.3. The molecule has 0 aliphatic rings. The summed E-state index contributed by atoms with van der Waals surface area (Å²) in [5.41, 5.74) is 3.37. The van der Waals surface area contributed by atoms with Crippen molar-refractivity contribution >= 4 is 28.5 Å². The van der Waals surface area contributed by atoms with Gasteiger partial charge in [-0.1, -0.05) is 29.8 Å². The minimum absolute atomic E-state index is 0.209. The molecular weight excluding hydrogens is 276 g/mol. The number of hydrogen-bond acceptors (Lipinski definition) is 2. The van der Waals surface area contributed by atoms with Gasteiger partial charge in [0.05, 0.1) is 11.1 Å². The maximum absolute atomic E-state index is 11.2. The second-order valence-corrected chi connectivity index (χ2v) is 5.00. The summed E-state index contributed by atoms with van der Waals surface area (Å²) in [4.78, 5) is 11.2. The van der Waals surface area contributed by atoms with Crippen LogP contribution in [0.3, 0.4) is 0 Å². The summed E-state index contributed by atoms with van der Waals surface area (Å²) in [7, 11) is 0. The first-order chi connectivity index (χ1) is 9.58. The Bertz CT molecular complexity index is 824. The number of para-hydroxylation sites is 1. The van der Waals surface area contributed by atoms with Crippen LogP contribution in [0, 0.1) is 6.92 Å². The van der Waals surface area contributed by atoms with Crippen molar-refractivity contribution in [2.24, 2.45) is 0 Å². The number of rotatable bonds is 2. The zero-order valence-electron chi connectivity index (χ0n) is 10.6. The summed E-state index contributed by atoms with van der Waals surface area (Å²) in [6.07, 6.45) is 0. The molecule has 0 aliphatic heterocycles. The summed E-state index contributed by atoms with van der Waals surface area (Å²) in [6, 6.07) is 10.7. The fraction of sp³-hybridized carbons (Fsp3) is 0.0667. The van der Waals surface area contributed by atoms with Gasteiger partial charge in [-0.05, 0) is 30.7 Å². The number of fused-ring (bicyclic) bond motifs is 1. The molecule has 0 spiro atoms. The summed E-state index contributed by atoms with van der Waals surface area (Å²) in [6.45, 7) is 1.97. The van der Waals surface area contributed by atoms with E-state index < -0.39 is 5.97 Å². The van der Waals surface area contributed by atoms with Crippen LogP contribution in [0.4, 0.5) is 0 Å². The molecule has 5 heteroatoms. The van der Waals surface area contributed by atoms with Gasteiger partial charge in [-0.25, -0.2) is 4.79 Å². The highest BCUT2D eigenvalue weighted by molar-refractivity contribution is 6.31. The highest BCUT2D eigenvalue weighted by Gasteiger charge is 2.15. The highest BCUT2D eigenvalue weighted by Crippen LogP contribution is 2.31. The Balaban J connectivity index is 2.31. The van der Waals surface area contributed by atoms with Gasteiger partial charge in [0.25, 0.3) is 0 Å². The zero-order valence-corrected chi connectivity index (χ0v) is 11.4. The number of halogens is 1. The largest absolute Gasteiger partial charge is 0.478 e. The molecule has 0 saturated carbocycles. The van der Waals surface area contributed by atoms with Crippen molar-refractivity contribution in [1.29, 1.82) is 0 Å². The highest BCUT2D eigenvalue weighted by atomic mass is 35.5. The number of aromatic amines is 1. The van der Waals surface area contributed by atoms with Gasteiger partial charge < -0.3 is 5.11 Å². The number of carboxylic acids is 1. The summed E-state index contributed by atoms with van der Waals surface area (Å²) in [5, 5.41) is 17.7. The van der Waals surface area contributed by atoms with E-state index in [4.69, 9.17) is 11.6 Å². The first-order valence-electron chi connectivity index (χ1n) is 6.05. The Kier molecular flexibility index (Phi) is 2.95. The standard InChI is InChI=1S/C15H11ClN2O2/c1-8-5-6-9(16)7-12(8)14-10-3-2-4-11(15(19)20)13(10)17-18-14/h2-7H,1H3,(H,17,18)(H,19,20). The van der Waals surface area contributed by atoms with Gasteiger partial charge in [0.2, 0.25) is 0 Å². The van der Waals surface area contributed by atoms with E-state index >= 15 is 0 Å². The minimum Gasteiger partial charge on any atom is -0.478 e. The Hall–Kier alpha value is -2.33. The summed E-state index contributed by atoms with van der Waals surface area (Å²) >= 11 is 6.03. The van der Waals surface area contributed by atoms with E-state index in [-0.39, 0.29) is 5.56 Å². The molecule has 100 valence electrons. The van der Waals surface area contributed by atoms with E-state index in [1.54, 1.807) is 12.1 Å².